The third-order valence-electron chi connectivity index (χ3n) is 2.89. The zero-order valence-electron chi connectivity index (χ0n) is 11.0. The number of nitrogens with zero attached hydrogens (tertiary/aromatic N) is 2. The van der Waals surface area contributed by atoms with E-state index in [0.29, 0.717) is 17.9 Å². The molecule has 2 aromatic rings. The van der Waals surface area contributed by atoms with Gasteiger partial charge in [0, 0.05) is 24.0 Å². The zero-order chi connectivity index (χ0) is 13.8. The Bertz CT molecular complexity index is 589. The largest absolute Gasteiger partial charge is 0.307 e. The van der Waals surface area contributed by atoms with Gasteiger partial charge in [-0.2, -0.15) is 0 Å². The van der Waals surface area contributed by atoms with Gasteiger partial charge < -0.3 is 4.57 Å². The number of halogens is 1. The summed E-state index contributed by atoms with van der Waals surface area (Å²) in [7, 11) is 0. The number of benzene rings is 1. The van der Waals surface area contributed by atoms with E-state index >= 15 is 0 Å². The highest BCUT2D eigenvalue weighted by atomic mass is 19.1. The van der Waals surface area contributed by atoms with Gasteiger partial charge in [-0.05, 0) is 50.2 Å². The van der Waals surface area contributed by atoms with Gasteiger partial charge in [0.05, 0.1) is 5.69 Å². The number of rotatable bonds is 3. The lowest BCUT2D eigenvalue weighted by molar-refractivity contribution is 0.628. The predicted molar refractivity (Wildman–Crippen MR) is 76.2 cm³/mol. The van der Waals surface area contributed by atoms with Crippen molar-refractivity contribution in [3.63, 3.8) is 0 Å². The van der Waals surface area contributed by atoms with E-state index in [-0.39, 0.29) is 5.82 Å². The quantitative estimate of drug-likeness (QED) is 0.641. The molecule has 1 aromatic carbocycles. The van der Waals surface area contributed by atoms with Crippen molar-refractivity contribution >= 4 is 17.7 Å². The van der Waals surface area contributed by atoms with E-state index in [9.17, 15) is 4.39 Å². The van der Waals surface area contributed by atoms with Gasteiger partial charge in [-0.15, -0.1) is 0 Å². The molecule has 1 aromatic heterocycles. The predicted octanol–water partition coefficient (Wildman–Crippen LogP) is 3.86. The lowest BCUT2D eigenvalue weighted by Crippen LogP contribution is -2.13. The summed E-state index contributed by atoms with van der Waals surface area (Å²) in [6.07, 6.45) is 2.11. The molecular formula is C15H16FN3. The first-order chi connectivity index (χ1) is 9.08. The van der Waals surface area contributed by atoms with Crippen molar-refractivity contribution in [3.05, 3.63) is 53.6 Å². The molecule has 98 valence electrons. The number of nitrogens with one attached hydrogen (secondary N) is 1. The Balaban J connectivity index is 2.03. The molecular weight excluding hydrogens is 241 g/mol. The first-order valence-corrected chi connectivity index (χ1v) is 6.09. The third-order valence-corrected chi connectivity index (χ3v) is 2.89. The van der Waals surface area contributed by atoms with E-state index in [1.54, 1.807) is 18.3 Å². The van der Waals surface area contributed by atoms with Gasteiger partial charge in [-0.1, -0.05) is 0 Å². The summed E-state index contributed by atoms with van der Waals surface area (Å²) in [5.41, 5.74) is 2.77. The van der Waals surface area contributed by atoms with Crippen LogP contribution in [0.1, 0.15) is 17.8 Å². The molecule has 0 saturated carbocycles. The fourth-order valence-corrected chi connectivity index (χ4v) is 1.95. The van der Waals surface area contributed by atoms with E-state index in [1.165, 1.54) is 12.1 Å². The molecule has 1 heterocycles. The monoisotopic (exact) mass is 257 g/mol. The van der Waals surface area contributed by atoms with Crippen LogP contribution in [0, 0.1) is 25.1 Å². The fourth-order valence-electron chi connectivity index (χ4n) is 1.95. The average molecular weight is 257 g/mol. The summed E-state index contributed by atoms with van der Waals surface area (Å²) in [6.45, 7) is 3.94. The Morgan fingerprint density at radius 1 is 1.16 bits per heavy atom. The molecule has 0 saturated heterocycles. The Kier molecular flexibility index (Phi) is 3.90. The van der Waals surface area contributed by atoms with Crippen molar-refractivity contribution in [3.8, 4) is 0 Å². The van der Waals surface area contributed by atoms with Crippen molar-refractivity contribution < 1.29 is 4.39 Å². The fraction of sp³-hybridized carbons (Fsp3) is 0.200. The molecule has 0 aliphatic rings. The van der Waals surface area contributed by atoms with Gasteiger partial charge in [0.15, 0.2) is 0 Å². The summed E-state index contributed by atoms with van der Waals surface area (Å²) in [6, 6.07) is 9.95. The summed E-state index contributed by atoms with van der Waals surface area (Å²) >= 11 is 0. The molecule has 0 unspecified atom stereocenters. The minimum atomic E-state index is -0.273. The molecule has 0 aliphatic heterocycles. The number of hydrogen-bond donors (Lipinski definition) is 1. The Labute approximate surface area is 111 Å². The zero-order valence-corrected chi connectivity index (χ0v) is 11.0. The highest BCUT2D eigenvalue weighted by molar-refractivity contribution is 5.94. The SMILES string of the molecule is Cc1ccc(C)n1C(=N)CC=Nc1ccc(F)cc1. The molecule has 19 heavy (non-hydrogen) atoms. The normalized spacial score (nSPS) is 11.1. The van der Waals surface area contributed by atoms with Crippen molar-refractivity contribution in [2.75, 3.05) is 0 Å². The summed E-state index contributed by atoms with van der Waals surface area (Å²) in [4.78, 5) is 4.21. The number of aryl methyl sites for hydroxylation is 2. The highest BCUT2D eigenvalue weighted by Gasteiger charge is 2.04. The van der Waals surface area contributed by atoms with Crippen LogP contribution < -0.4 is 0 Å². The van der Waals surface area contributed by atoms with E-state index in [1.807, 2.05) is 30.5 Å². The van der Waals surface area contributed by atoms with Gasteiger partial charge in [-0.3, -0.25) is 10.4 Å². The molecule has 0 spiro atoms. The van der Waals surface area contributed by atoms with E-state index in [0.717, 1.165) is 11.4 Å². The second-order valence-electron chi connectivity index (χ2n) is 4.39. The smallest absolute Gasteiger partial charge is 0.123 e. The molecule has 0 aliphatic carbocycles. The van der Waals surface area contributed by atoms with Crippen LogP contribution in [-0.2, 0) is 0 Å². The summed E-state index contributed by atoms with van der Waals surface area (Å²) < 4.78 is 14.6. The van der Waals surface area contributed by atoms with Crippen LogP contribution in [0.2, 0.25) is 0 Å². The van der Waals surface area contributed by atoms with Crippen LogP contribution in [0.3, 0.4) is 0 Å². The van der Waals surface area contributed by atoms with Crippen molar-refractivity contribution in [1.29, 1.82) is 5.41 Å². The minimum Gasteiger partial charge on any atom is -0.307 e. The molecule has 3 nitrogen and oxygen atoms in total. The molecule has 4 heteroatoms. The maximum atomic E-state index is 12.7. The molecule has 0 amide bonds. The standard InChI is InChI=1S/C15H16FN3/c1-11-3-4-12(2)19(11)15(17)9-10-18-14-7-5-13(16)6-8-14/h3-8,10,17H,9H2,1-2H3. The average Bonchev–Trinajstić information content (AvgIpc) is 2.71. The van der Waals surface area contributed by atoms with Gasteiger partial charge in [0.1, 0.15) is 11.7 Å². The number of hydrogen-bond acceptors (Lipinski definition) is 2. The van der Waals surface area contributed by atoms with Gasteiger partial charge in [0.2, 0.25) is 0 Å². The van der Waals surface area contributed by atoms with Crippen molar-refractivity contribution in [2.24, 2.45) is 4.99 Å². The topological polar surface area (TPSA) is 41.1 Å². The van der Waals surface area contributed by atoms with Crippen LogP contribution >= 0.6 is 0 Å². The van der Waals surface area contributed by atoms with Gasteiger partial charge >= 0.3 is 0 Å². The number of aliphatic imine (C=N–C) groups is 1. The second-order valence-corrected chi connectivity index (χ2v) is 4.39. The highest BCUT2D eigenvalue weighted by Crippen LogP contribution is 2.12. The molecule has 2 rings (SSSR count). The van der Waals surface area contributed by atoms with Gasteiger partial charge in [-0.25, -0.2) is 4.39 Å². The lowest BCUT2D eigenvalue weighted by Gasteiger charge is -2.08. The molecule has 0 bridgehead atoms. The first-order valence-electron chi connectivity index (χ1n) is 6.09. The first kappa shape index (κ1) is 13.2. The van der Waals surface area contributed by atoms with Crippen LogP contribution in [-0.4, -0.2) is 16.6 Å². The van der Waals surface area contributed by atoms with Crippen molar-refractivity contribution in [1.82, 2.24) is 4.57 Å². The van der Waals surface area contributed by atoms with Crippen LogP contribution in [0.5, 0.6) is 0 Å². The second kappa shape index (κ2) is 5.61. The maximum absolute atomic E-state index is 12.7. The Morgan fingerprint density at radius 2 is 1.74 bits per heavy atom. The lowest BCUT2D eigenvalue weighted by atomic mass is 10.3. The van der Waals surface area contributed by atoms with E-state index in [2.05, 4.69) is 4.99 Å². The van der Waals surface area contributed by atoms with E-state index in [4.69, 9.17) is 5.41 Å². The molecule has 0 fully saturated rings. The molecule has 0 atom stereocenters. The van der Waals surface area contributed by atoms with Crippen LogP contribution in [0.25, 0.3) is 0 Å². The van der Waals surface area contributed by atoms with Gasteiger partial charge in [0.25, 0.3) is 0 Å². The molecule has 0 radical (unpaired) electrons. The third kappa shape index (κ3) is 3.16. The van der Waals surface area contributed by atoms with Crippen LogP contribution in [0.4, 0.5) is 10.1 Å². The summed E-state index contributed by atoms with van der Waals surface area (Å²) in [5.74, 6) is 0.205. The van der Waals surface area contributed by atoms with E-state index < -0.39 is 0 Å². The minimum absolute atomic E-state index is 0.273. The molecule has 1 N–H and O–H groups in total. The Hall–Kier alpha value is -2.23. The summed E-state index contributed by atoms with van der Waals surface area (Å²) in [5, 5.41) is 8.04. The Morgan fingerprint density at radius 3 is 2.32 bits per heavy atom. The van der Waals surface area contributed by atoms with Crippen molar-refractivity contribution in [2.45, 2.75) is 20.3 Å². The maximum Gasteiger partial charge on any atom is 0.123 e. The number of aromatic nitrogens is 1. The van der Waals surface area contributed by atoms with Crippen LogP contribution in [0.15, 0.2) is 41.4 Å².